The van der Waals surface area contributed by atoms with E-state index in [0.29, 0.717) is 0 Å². The van der Waals surface area contributed by atoms with Crippen molar-refractivity contribution in [2.75, 3.05) is 0 Å². The fraction of sp³-hybridized carbons (Fsp3) is 0. The molecule has 0 atom stereocenters. The molecule has 1 aromatic rings. The number of hydrogen-bond acceptors (Lipinski definition) is 1. The van der Waals surface area contributed by atoms with Crippen molar-refractivity contribution in [3.05, 3.63) is 29.8 Å². The van der Waals surface area contributed by atoms with Crippen molar-refractivity contribution >= 4 is 30.7 Å². The molecule has 3 heteroatoms. The number of rotatable bonds is 1. The van der Waals surface area contributed by atoms with Crippen LogP contribution in [0.4, 0.5) is 0 Å². The first kappa shape index (κ1) is 7.85. The van der Waals surface area contributed by atoms with Crippen LogP contribution in [0.1, 0.15) is 5.56 Å². The van der Waals surface area contributed by atoms with Crippen LogP contribution in [0.3, 0.4) is 0 Å². The summed E-state index contributed by atoms with van der Waals surface area (Å²) >= 11 is 3.13. The molecule has 1 rings (SSSR count). The van der Waals surface area contributed by atoms with Crippen LogP contribution in [0.5, 0.6) is 0 Å². The molecule has 0 aliphatic carbocycles. The Bertz CT molecular complexity index is 288. The number of nitriles is 1. The van der Waals surface area contributed by atoms with E-state index < -0.39 is 0 Å². The molecule has 0 N–H and O–H groups in total. The van der Waals surface area contributed by atoms with Gasteiger partial charge in [-0.25, -0.2) is 0 Å². The summed E-state index contributed by atoms with van der Waals surface area (Å²) in [6, 6.07) is 9.81. The fourth-order valence-electron chi connectivity index (χ4n) is 0.632. The predicted octanol–water partition coefficient (Wildman–Crippen LogP) is -0.296. The zero-order chi connectivity index (χ0) is 7.40. The first-order chi connectivity index (χ1) is 4.86. The van der Waals surface area contributed by atoms with Crippen LogP contribution in [0.25, 0.3) is 0 Å². The Balaban J connectivity index is 3.13. The van der Waals surface area contributed by atoms with Crippen molar-refractivity contribution in [1.82, 2.24) is 0 Å². The quantitative estimate of drug-likeness (QED) is 0.637. The maximum atomic E-state index is 8.51. The average molecular weight is 261 g/mol. The first-order valence-corrected chi connectivity index (χ1v) is 8.39. The summed E-state index contributed by atoms with van der Waals surface area (Å²) in [5.41, 5.74) is 0.753. The molecule has 0 aliphatic heterocycles. The molecule has 0 aliphatic rings. The van der Waals surface area contributed by atoms with Gasteiger partial charge in [-0.1, -0.05) is 0 Å². The van der Waals surface area contributed by atoms with Gasteiger partial charge >= 0.3 is 71.9 Å². The van der Waals surface area contributed by atoms with E-state index in [-0.39, 0.29) is 12.6 Å². The number of nitrogens with zero attached hydrogens (tertiary/aromatic N) is 1. The molecule has 0 amide bonds. The van der Waals surface area contributed by atoms with Gasteiger partial charge in [0.05, 0.1) is 0 Å². The van der Waals surface area contributed by atoms with Crippen molar-refractivity contribution in [3.8, 4) is 6.07 Å². The van der Waals surface area contributed by atoms with E-state index in [1.165, 1.54) is 4.46 Å². The summed E-state index contributed by atoms with van der Waals surface area (Å²) in [5, 5.41) is 8.51. The first-order valence-electron chi connectivity index (χ1n) is 2.70. The Hall–Kier alpha value is -0.251. The molecule has 0 aromatic heterocycles. The minimum absolute atomic E-state index is 0.137. The molecule has 1 aromatic carbocycles. The SMILES string of the molecule is N#Cc1cccc([SeH]=[Se])c1. The van der Waals surface area contributed by atoms with Crippen molar-refractivity contribution < 1.29 is 0 Å². The van der Waals surface area contributed by atoms with E-state index in [9.17, 15) is 0 Å². The molecular formula is C7H5NSe2. The van der Waals surface area contributed by atoms with E-state index in [1.807, 2.05) is 24.3 Å². The van der Waals surface area contributed by atoms with Gasteiger partial charge < -0.3 is 0 Å². The molecule has 0 fully saturated rings. The third kappa shape index (κ3) is 1.87. The average Bonchev–Trinajstić information content (AvgIpc) is 2.05. The van der Waals surface area contributed by atoms with Gasteiger partial charge in [-0.05, 0) is 0 Å². The normalized spacial score (nSPS) is 8.70. The second-order valence-corrected chi connectivity index (χ2v) is 5.21. The number of hydrogen-bond donors (Lipinski definition) is 0. The zero-order valence-electron chi connectivity index (χ0n) is 5.11. The minimum atomic E-state index is 0.137. The van der Waals surface area contributed by atoms with Gasteiger partial charge in [-0.2, -0.15) is 0 Å². The summed E-state index contributed by atoms with van der Waals surface area (Å²) in [6.07, 6.45) is 0. The Morgan fingerprint density at radius 3 is 2.90 bits per heavy atom. The van der Waals surface area contributed by atoms with Gasteiger partial charge in [0.25, 0.3) is 0 Å². The van der Waals surface area contributed by atoms with Crippen molar-refractivity contribution in [2.45, 2.75) is 0 Å². The van der Waals surface area contributed by atoms with Gasteiger partial charge in [0, 0.05) is 0 Å². The van der Waals surface area contributed by atoms with Crippen molar-refractivity contribution in [2.24, 2.45) is 0 Å². The molecule has 0 heterocycles. The Kier molecular flexibility index (Phi) is 2.99. The summed E-state index contributed by atoms with van der Waals surface area (Å²) in [7, 11) is 0. The molecule has 0 radical (unpaired) electrons. The Morgan fingerprint density at radius 2 is 2.30 bits per heavy atom. The third-order valence-corrected chi connectivity index (χ3v) is 4.40. The van der Waals surface area contributed by atoms with Gasteiger partial charge in [0.15, 0.2) is 0 Å². The molecule has 0 saturated carbocycles. The van der Waals surface area contributed by atoms with Gasteiger partial charge in [0.2, 0.25) is 0 Å². The summed E-state index contributed by atoms with van der Waals surface area (Å²) in [5.74, 6) is 0. The van der Waals surface area contributed by atoms with E-state index in [1.54, 1.807) is 0 Å². The number of benzene rings is 1. The Morgan fingerprint density at radius 1 is 1.50 bits per heavy atom. The molecule has 10 heavy (non-hydrogen) atoms. The molecule has 0 spiro atoms. The van der Waals surface area contributed by atoms with Crippen LogP contribution in [0.2, 0.25) is 0 Å². The monoisotopic (exact) mass is 263 g/mol. The Labute approximate surface area is 71.9 Å². The van der Waals surface area contributed by atoms with E-state index in [0.717, 1.165) is 5.56 Å². The van der Waals surface area contributed by atoms with Crippen LogP contribution < -0.4 is 4.46 Å². The summed E-state index contributed by atoms with van der Waals surface area (Å²) in [6.45, 7) is 0. The second kappa shape index (κ2) is 3.81. The van der Waals surface area contributed by atoms with Crippen LogP contribution in [-0.4, -0.2) is 26.3 Å². The molecule has 0 saturated heterocycles. The molecule has 1 nitrogen and oxygen atoms in total. The van der Waals surface area contributed by atoms with Crippen LogP contribution in [-0.2, 0) is 0 Å². The van der Waals surface area contributed by atoms with Crippen LogP contribution in [0.15, 0.2) is 24.3 Å². The second-order valence-electron chi connectivity index (χ2n) is 1.75. The standard InChI is InChI=1S/C7H5NSe2/c8-5-6-2-1-3-7(4-6)10-9/h1-4,10H. The summed E-state index contributed by atoms with van der Waals surface area (Å²) in [4.78, 5) is 0. The third-order valence-electron chi connectivity index (χ3n) is 1.08. The van der Waals surface area contributed by atoms with Gasteiger partial charge in [-0.3, -0.25) is 0 Å². The van der Waals surface area contributed by atoms with E-state index >= 15 is 0 Å². The maximum absolute atomic E-state index is 8.51. The zero-order valence-corrected chi connectivity index (χ0v) is 8.70. The fourth-order valence-corrected chi connectivity index (χ4v) is 2.58. The van der Waals surface area contributed by atoms with Crippen LogP contribution in [0, 0.1) is 11.3 Å². The van der Waals surface area contributed by atoms with E-state index in [4.69, 9.17) is 5.26 Å². The molecule has 0 unspecified atom stereocenters. The van der Waals surface area contributed by atoms with E-state index in [2.05, 4.69) is 19.7 Å². The van der Waals surface area contributed by atoms with Crippen LogP contribution >= 0.6 is 0 Å². The summed E-state index contributed by atoms with van der Waals surface area (Å²) < 4.78 is 1.26. The predicted molar refractivity (Wildman–Crippen MR) is 43.7 cm³/mol. The van der Waals surface area contributed by atoms with Crippen molar-refractivity contribution in [1.29, 1.82) is 5.26 Å². The van der Waals surface area contributed by atoms with Gasteiger partial charge in [0.1, 0.15) is 0 Å². The van der Waals surface area contributed by atoms with Crippen molar-refractivity contribution in [3.63, 3.8) is 0 Å². The van der Waals surface area contributed by atoms with Gasteiger partial charge in [-0.15, -0.1) is 0 Å². The molecule has 0 bridgehead atoms. The molecule has 50 valence electrons. The molecular weight excluding hydrogens is 256 g/mol. The topological polar surface area (TPSA) is 23.8 Å².